The zero-order valence-electron chi connectivity index (χ0n) is 12.5. The van der Waals surface area contributed by atoms with Gasteiger partial charge in [0.15, 0.2) is 0 Å². The summed E-state index contributed by atoms with van der Waals surface area (Å²) < 4.78 is 0. The summed E-state index contributed by atoms with van der Waals surface area (Å²) >= 11 is 0. The molecule has 2 rings (SSSR count). The van der Waals surface area contributed by atoms with Gasteiger partial charge in [0, 0.05) is 19.1 Å². The van der Waals surface area contributed by atoms with Crippen molar-refractivity contribution in [2.45, 2.75) is 62.9 Å². The van der Waals surface area contributed by atoms with E-state index in [4.69, 9.17) is 5.73 Å². The molecule has 2 aliphatic rings. The Morgan fingerprint density at radius 2 is 1.68 bits per heavy atom. The summed E-state index contributed by atoms with van der Waals surface area (Å²) in [5, 5.41) is 0. The highest BCUT2D eigenvalue weighted by atomic mass is 16.2. The molecule has 0 radical (unpaired) electrons. The highest BCUT2D eigenvalue weighted by Crippen LogP contribution is 2.32. The van der Waals surface area contributed by atoms with Crippen molar-refractivity contribution in [1.29, 1.82) is 0 Å². The van der Waals surface area contributed by atoms with Gasteiger partial charge in [0.1, 0.15) is 0 Å². The quantitative estimate of drug-likeness (QED) is 0.823. The number of likely N-dealkylation sites (N-methyl/N-ethyl adjacent to an activating group) is 1. The van der Waals surface area contributed by atoms with Gasteiger partial charge in [-0.25, -0.2) is 0 Å². The maximum Gasteiger partial charge on any atom is 0.242 e. The smallest absolute Gasteiger partial charge is 0.242 e. The minimum absolute atomic E-state index is 0.221. The van der Waals surface area contributed by atoms with E-state index in [0.717, 1.165) is 51.6 Å². The number of nitrogens with zero attached hydrogens (tertiary/aromatic N) is 2. The summed E-state index contributed by atoms with van der Waals surface area (Å²) in [5.74, 6) is 0.221. The second-order valence-electron chi connectivity index (χ2n) is 6.60. The number of nitrogens with two attached hydrogens (primary N) is 1. The molecule has 0 aliphatic heterocycles. The average Bonchev–Trinajstić information content (AvgIpc) is 3.01. The maximum atomic E-state index is 12.8. The predicted octanol–water partition coefficient (Wildman–Crippen LogP) is 1.59. The van der Waals surface area contributed by atoms with E-state index in [1.54, 1.807) is 0 Å². The fourth-order valence-electron chi connectivity index (χ4n) is 3.48. The molecule has 1 amide bonds. The summed E-state index contributed by atoms with van der Waals surface area (Å²) in [4.78, 5) is 17.1. The van der Waals surface area contributed by atoms with Gasteiger partial charge in [0.05, 0.1) is 5.54 Å². The highest BCUT2D eigenvalue weighted by molar-refractivity contribution is 5.86. The van der Waals surface area contributed by atoms with Crippen LogP contribution in [0.2, 0.25) is 0 Å². The van der Waals surface area contributed by atoms with Crippen LogP contribution in [0.5, 0.6) is 0 Å². The topological polar surface area (TPSA) is 49.6 Å². The van der Waals surface area contributed by atoms with Gasteiger partial charge in [0.25, 0.3) is 0 Å². The molecular formula is C15H29N3O. The van der Waals surface area contributed by atoms with Gasteiger partial charge >= 0.3 is 0 Å². The van der Waals surface area contributed by atoms with E-state index in [2.05, 4.69) is 23.9 Å². The summed E-state index contributed by atoms with van der Waals surface area (Å²) in [7, 11) is 4.12. The van der Waals surface area contributed by atoms with Crippen molar-refractivity contribution in [2.24, 2.45) is 5.73 Å². The Morgan fingerprint density at radius 1 is 1.11 bits per heavy atom. The molecule has 0 aromatic rings. The first-order valence-corrected chi connectivity index (χ1v) is 7.78. The van der Waals surface area contributed by atoms with Crippen molar-refractivity contribution >= 4 is 5.91 Å². The minimum atomic E-state index is -0.561. The number of hydrogen-bond acceptors (Lipinski definition) is 3. The lowest BCUT2D eigenvalue weighted by Crippen LogP contribution is -2.57. The number of carbonyl (C=O) groups excluding carboxylic acids is 1. The highest BCUT2D eigenvalue weighted by Gasteiger charge is 2.42. The third-order valence-electron chi connectivity index (χ3n) is 4.74. The molecule has 0 spiro atoms. The average molecular weight is 267 g/mol. The molecule has 0 unspecified atom stereocenters. The van der Waals surface area contributed by atoms with E-state index in [-0.39, 0.29) is 5.91 Å². The number of rotatable bonds is 5. The zero-order chi connectivity index (χ0) is 13.9. The first kappa shape index (κ1) is 14.8. The first-order chi connectivity index (χ1) is 9.03. The standard InChI is InChI=1S/C15H29N3O/c1-17(2)11-12-18(13-7-3-4-8-13)14(19)15(16)9-5-6-10-15/h13H,3-12,16H2,1-2H3. The molecule has 4 nitrogen and oxygen atoms in total. The van der Waals surface area contributed by atoms with Gasteiger partial charge in [-0.3, -0.25) is 4.79 Å². The minimum Gasteiger partial charge on any atom is -0.337 e. The van der Waals surface area contributed by atoms with Crippen LogP contribution in [0.4, 0.5) is 0 Å². The molecule has 0 saturated heterocycles. The fraction of sp³-hybridized carbons (Fsp3) is 0.933. The Bertz CT molecular complexity index is 305. The lowest BCUT2D eigenvalue weighted by atomic mass is 9.96. The van der Waals surface area contributed by atoms with Gasteiger partial charge in [-0.15, -0.1) is 0 Å². The van der Waals surface area contributed by atoms with Crippen molar-refractivity contribution in [2.75, 3.05) is 27.2 Å². The van der Waals surface area contributed by atoms with E-state index >= 15 is 0 Å². The van der Waals surface area contributed by atoms with Crippen molar-refractivity contribution in [3.05, 3.63) is 0 Å². The summed E-state index contributed by atoms with van der Waals surface area (Å²) in [6.07, 6.45) is 8.79. The number of carbonyl (C=O) groups is 1. The normalized spacial score (nSPS) is 23.2. The maximum absolute atomic E-state index is 12.8. The van der Waals surface area contributed by atoms with Crippen LogP contribution in [-0.4, -0.2) is 54.5 Å². The van der Waals surface area contributed by atoms with Crippen LogP contribution >= 0.6 is 0 Å². The summed E-state index contributed by atoms with van der Waals surface area (Å²) in [6.45, 7) is 1.76. The van der Waals surface area contributed by atoms with Crippen molar-refractivity contribution in [3.8, 4) is 0 Å². The monoisotopic (exact) mass is 267 g/mol. The number of amides is 1. The molecule has 0 bridgehead atoms. The number of hydrogen-bond donors (Lipinski definition) is 1. The predicted molar refractivity (Wildman–Crippen MR) is 77.9 cm³/mol. The van der Waals surface area contributed by atoms with Crippen molar-refractivity contribution in [3.63, 3.8) is 0 Å². The molecule has 2 saturated carbocycles. The van der Waals surface area contributed by atoms with Gasteiger partial charge in [-0.2, -0.15) is 0 Å². The van der Waals surface area contributed by atoms with Gasteiger partial charge in [0.2, 0.25) is 5.91 Å². The Balaban J connectivity index is 2.04. The molecule has 0 aromatic heterocycles. The molecule has 0 heterocycles. The molecule has 2 N–H and O–H groups in total. The third-order valence-corrected chi connectivity index (χ3v) is 4.74. The van der Waals surface area contributed by atoms with Crippen molar-refractivity contribution < 1.29 is 4.79 Å². The van der Waals surface area contributed by atoms with Crippen LogP contribution in [0.3, 0.4) is 0 Å². The van der Waals surface area contributed by atoms with E-state index in [9.17, 15) is 4.79 Å². The van der Waals surface area contributed by atoms with E-state index in [1.165, 1.54) is 12.8 Å². The van der Waals surface area contributed by atoms with E-state index < -0.39 is 5.54 Å². The third kappa shape index (κ3) is 3.48. The van der Waals surface area contributed by atoms with Crippen LogP contribution < -0.4 is 5.73 Å². The fourth-order valence-corrected chi connectivity index (χ4v) is 3.48. The Morgan fingerprint density at radius 3 is 2.21 bits per heavy atom. The van der Waals surface area contributed by atoms with Gasteiger partial charge in [-0.05, 0) is 39.8 Å². The summed E-state index contributed by atoms with van der Waals surface area (Å²) in [5.41, 5.74) is 5.81. The van der Waals surface area contributed by atoms with Crippen LogP contribution in [0.15, 0.2) is 0 Å². The van der Waals surface area contributed by atoms with Crippen LogP contribution in [0, 0.1) is 0 Å². The summed E-state index contributed by atoms with van der Waals surface area (Å²) in [6, 6.07) is 0.438. The molecular weight excluding hydrogens is 238 g/mol. The second kappa shape index (κ2) is 6.23. The second-order valence-corrected chi connectivity index (χ2v) is 6.60. The van der Waals surface area contributed by atoms with Crippen molar-refractivity contribution in [1.82, 2.24) is 9.80 Å². The lowest BCUT2D eigenvalue weighted by Gasteiger charge is -2.36. The Labute approximate surface area is 117 Å². The molecule has 4 heteroatoms. The van der Waals surface area contributed by atoms with Crippen LogP contribution in [0.1, 0.15) is 51.4 Å². The Hall–Kier alpha value is -0.610. The SMILES string of the molecule is CN(C)CCN(C(=O)C1(N)CCCC1)C1CCCC1. The van der Waals surface area contributed by atoms with Crippen LogP contribution in [-0.2, 0) is 4.79 Å². The molecule has 2 fully saturated rings. The molecule has 0 aromatic carbocycles. The Kier molecular flexibility index (Phi) is 4.85. The molecule has 110 valence electrons. The van der Waals surface area contributed by atoms with Crippen LogP contribution in [0.25, 0.3) is 0 Å². The molecule has 0 atom stereocenters. The zero-order valence-corrected chi connectivity index (χ0v) is 12.5. The largest absolute Gasteiger partial charge is 0.337 e. The van der Waals surface area contributed by atoms with E-state index in [1.807, 2.05) is 0 Å². The lowest BCUT2D eigenvalue weighted by molar-refractivity contribution is -0.139. The molecule has 2 aliphatic carbocycles. The first-order valence-electron chi connectivity index (χ1n) is 7.78. The van der Waals surface area contributed by atoms with Gasteiger partial charge < -0.3 is 15.5 Å². The van der Waals surface area contributed by atoms with E-state index in [0.29, 0.717) is 6.04 Å². The van der Waals surface area contributed by atoms with Gasteiger partial charge in [-0.1, -0.05) is 25.7 Å². The molecule has 19 heavy (non-hydrogen) atoms.